The fourth-order valence-corrected chi connectivity index (χ4v) is 3.10. The zero-order chi connectivity index (χ0) is 12.4. The van der Waals surface area contributed by atoms with Crippen LogP contribution in [0, 0.1) is 0 Å². The smallest absolute Gasteiger partial charge is 0.109 e. The summed E-state index contributed by atoms with van der Waals surface area (Å²) in [5.41, 5.74) is 1.14. The molecular weight excluding hydrogens is 228 g/mol. The molecule has 1 aromatic rings. The summed E-state index contributed by atoms with van der Waals surface area (Å²) in [6, 6.07) is 0.238. The highest BCUT2D eigenvalue weighted by atomic mass is 16.5. The number of aromatic nitrogens is 2. The molecule has 4 heteroatoms. The Balaban J connectivity index is 1.71. The second-order valence-corrected chi connectivity index (χ2v) is 5.48. The lowest BCUT2D eigenvalue weighted by Crippen LogP contribution is -2.21. The third-order valence-corrected chi connectivity index (χ3v) is 4.11. The molecule has 2 atom stereocenters. The molecule has 0 amide bonds. The standard InChI is InChI=1S/C14H22N2O2/c17-10-12-4-3-6-14-15-11(9-16(12)14)8-13-5-1-2-7-18-13/h9,12-13,17H,1-8,10H2. The van der Waals surface area contributed by atoms with E-state index in [0.29, 0.717) is 6.10 Å². The Hall–Kier alpha value is -0.870. The van der Waals surface area contributed by atoms with Gasteiger partial charge >= 0.3 is 0 Å². The summed E-state index contributed by atoms with van der Waals surface area (Å²) in [6.07, 6.45) is 10.3. The van der Waals surface area contributed by atoms with Crippen LogP contribution in [0.4, 0.5) is 0 Å². The molecule has 0 aliphatic carbocycles. The number of aryl methyl sites for hydroxylation is 1. The molecule has 0 bridgehead atoms. The van der Waals surface area contributed by atoms with Gasteiger partial charge in [0.15, 0.2) is 0 Å². The van der Waals surface area contributed by atoms with Gasteiger partial charge in [-0.2, -0.15) is 0 Å². The van der Waals surface area contributed by atoms with Crippen LogP contribution in [0.3, 0.4) is 0 Å². The number of ether oxygens (including phenoxy) is 1. The summed E-state index contributed by atoms with van der Waals surface area (Å²) in [4.78, 5) is 4.71. The van der Waals surface area contributed by atoms with Crippen LogP contribution in [0.25, 0.3) is 0 Å². The van der Waals surface area contributed by atoms with E-state index in [1.807, 2.05) is 0 Å². The van der Waals surface area contributed by atoms with E-state index < -0.39 is 0 Å². The highest BCUT2D eigenvalue weighted by Crippen LogP contribution is 2.25. The Labute approximate surface area is 108 Å². The number of fused-ring (bicyclic) bond motifs is 1. The molecule has 1 aromatic heterocycles. The quantitative estimate of drug-likeness (QED) is 0.890. The van der Waals surface area contributed by atoms with Crippen LogP contribution in [-0.4, -0.2) is 34.0 Å². The van der Waals surface area contributed by atoms with E-state index in [4.69, 9.17) is 9.72 Å². The number of hydrogen-bond donors (Lipinski definition) is 1. The summed E-state index contributed by atoms with van der Waals surface area (Å²) < 4.78 is 7.95. The molecule has 100 valence electrons. The van der Waals surface area contributed by atoms with Gasteiger partial charge in [-0.3, -0.25) is 0 Å². The molecule has 18 heavy (non-hydrogen) atoms. The third-order valence-electron chi connectivity index (χ3n) is 4.11. The van der Waals surface area contributed by atoms with Gasteiger partial charge < -0.3 is 14.4 Å². The van der Waals surface area contributed by atoms with Crippen molar-refractivity contribution in [2.75, 3.05) is 13.2 Å². The van der Waals surface area contributed by atoms with Crippen molar-refractivity contribution in [1.29, 1.82) is 0 Å². The van der Waals surface area contributed by atoms with E-state index in [2.05, 4.69) is 10.8 Å². The molecule has 2 aliphatic heterocycles. The Morgan fingerprint density at radius 2 is 2.28 bits per heavy atom. The van der Waals surface area contributed by atoms with Crippen molar-refractivity contribution in [1.82, 2.24) is 9.55 Å². The molecule has 0 spiro atoms. The summed E-state index contributed by atoms with van der Waals surface area (Å²) in [6.45, 7) is 1.13. The van der Waals surface area contributed by atoms with Crippen molar-refractivity contribution in [3.05, 3.63) is 17.7 Å². The van der Waals surface area contributed by atoms with E-state index in [-0.39, 0.29) is 12.6 Å². The lowest BCUT2D eigenvalue weighted by Gasteiger charge is -2.23. The molecule has 3 rings (SSSR count). The highest BCUT2D eigenvalue weighted by Gasteiger charge is 2.22. The molecule has 2 unspecified atom stereocenters. The molecule has 3 heterocycles. The molecule has 0 saturated carbocycles. The van der Waals surface area contributed by atoms with Crippen LogP contribution in [0.15, 0.2) is 6.20 Å². The lowest BCUT2D eigenvalue weighted by molar-refractivity contribution is 0.0163. The molecule has 0 aromatic carbocycles. The number of imidazole rings is 1. The number of hydrogen-bond acceptors (Lipinski definition) is 3. The number of aliphatic hydroxyl groups is 1. The molecule has 4 nitrogen and oxygen atoms in total. The zero-order valence-corrected chi connectivity index (χ0v) is 10.8. The predicted molar refractivity (Wildman–Crippen MR) is 68.6 cm³/mol. The number of rotatable bonds is 3. The van der Waals surface area contributed by atoms with Gasteiger partial charge in [0.25, 0.3) is 0 Å². The van der Waals surface area contributed by atoms with E-state index in [0.717, 1.165) is 50.2 Å². The first-order valence-electron chi connectivity index (χ1n) is 7.16. The van der Waals surface area contributed by atoms with Gasteiger partial charge in [0.2, 0.25) is 0 Å². The molecule has 1 N–H and O–H groups in total. The first-order chi connectivity index (χ1) is 8.86. The predicted octanol–water partition coefficient (Wildman–Crippen LogP) is 1.86. The first kappa shape index (κ1) is 12.2. The summed E-state index contributed by atoms with van der Waals surface area (Å²) in [5.74, 6) is 1.14. The minimum atomic E-state index is 0.225. The van der Waals surface area contributed by atoms with Crippen LogP contribution in [-0.2, 0) is 17.6 Å². The summed E-state index contributed by atoms with van der Waals surface area (Å²) in [7, 11) is 0. The van der Waals surface area contributed by atoms with E-state index >= 15 is 0 Å². The lowest BCUT2D eigenvalue weighted by atomic mass is 10.1. The van der Waals surface area contributed by atoms with Crippen molar-refractivity contribution in [3.63, 3.8) is 0 Å². The normalized spacial score (nSPS) is 28.1. The average Bonchev–Trinajstić information content (AvgIpc) is 2.82. The van der Waals surface area contributed by atoms with Gasteiger partial charge in [0.05, 0.1) is 24.4 Å². The van der Waals surface area contributed by atoms with Crippen LogP contribution < -0.4 is 0 Å². The van der Waals surface area contributed by atoms with Crippen molar-refractivity contribution >= 4 is 0 Å². The monoisotopic (exact) mass is 250 g/mol. The minimum absolute atomic E-state index is 0.225. The van der Waals surface area contributed by atoms with Gasteiger partial charge in [-0.15, -0.1) is 0 Å². The molecule has 2 aliphatic rings. The Bertz CT molecular complexity index is 396. The van der Waals surface area contributed by atoms with E-state index in [1.165, 1.54) is 12.8 Å². The van der Waals surface area contributed by atoms with Crippen LogP contribution in [0.5, 0.6) is 0 Å². The molecular formula is C14H22N2O2. The zero-order valence-electron chi connectivity index (χ0n) is 10.8. The minimum Gasteiger partial charge on any atom is -0.394 e. The van der Waals surface area contributed by atoms with Crippen molar-refractivity contribution in [2.24, 2.45) is 0 Å². The Kier molecular flexibility index (Phi) is 3.66. The van der Waals surface area contributed by atoms with Crippen molar-refractivity contribution in [3.8, 4) is 0 Å². The average molecular weight is 250 g/mol. The summed E-state index contributed by atoms with van der Waals surface area (Å²) >= 11 is 0. The maximum atomic E-state index is 9.40. The highest BCUT2D eigenvalue weighted by molar-refractivity contribution is 5.09. The van der Waals surface area contributed by atoms with Gasteiger partial charge in [-0.1, -0.05) is 0 Å². The van der Waals surface area contributed by atoms with Gasteiger partial charge in [-0.25, -0.2) is 4.98 Å². The fourth-order valence-electron chi connectivity index (χ4n) is 3.10. The maximum Gasteiger partial charge on any atom is 0.109 e. The molecule has 1 saturated heterocycles. The second-order valence-electron chi connectivity index (χ2n) is 5.48. The fraction of sp³-hybridized carbons (Fsp3) is 0.786. The maximum absolute atomic E-state index is 9.40. The van der Waals surface area contributed by atoms with Gasteiger partial charge in [-0.05, 0) is 32.1 Å². The van der Waals surface area contributed by atoms with Crippen molar-refractivity contribution in [2.45, 2.75) is 57.1 Å². The Morgan fingerprint density at radius 1 is 1.33 bits per heavy atom. The second kappa shape index (κ2) is 5.41. The van der Waals surface area contributed by atoms with Crippen LogP contribution in [0.1, 0.15) is 49.7 Å². The number of aliphatic hydroxyl groups excluding tert-OH is 1. The molecule has 1 fully saturated rings. The van der Waals surface area contributed by atoms with E-state index in [1.54, 1.807) is 0 Å². The third kappa shape index (κ3) is 2.45. The number of nitrogens with zero attached hydrogens (tertiary/aromatic N) is 2. The van der Waals surface area contributed by atoms with Crippen LogP contribution >= 0.6 is 0 Å². The first-order valence-corrected chi connectivity index (χ1v) is 7.16. The Morgan fingerprint density at radius 3 is 3.06 bits per heavy atom. The van der Waals surface area contributed by atoms with Crippen LogP contribution in [0.2, 0.25) is 0 Å². The largest absolute Gasteiger partial charge is 0.394 e. The van der Waals surface area contributed by atoms with Crippen molar-refractivity contribution < 1.29 is 9.84 Å². The SMILES string of the molecule is OCC1CCCc2nc(CC3CCCCO3)cn21. The van der Waals surface area contributed by atoms with Gasteiger partial charge in [0.1, 0.15) is 5.82 Å². The topological polar surface area (TPSA) is 47.3 Å². The molecule has 0 radical (unpaired) electrons. The van der Waals surface area contributed by atoms with Gasteiger partial charge in [0, 0.05) is 25.6 Å². The van der Waals surface area contributed by atoms with E-state index in [9.17, 15) is 5.11 Å². The summed E-state index contributed by atoms with van der Waals surface area (Å²) in [5, 5.41) is 9.40.